The van der Waals surface area contributed by atoms with Crippen LogP contribution in [0.3, 0.4) is 0 Å². The summed E-state index contributed by atoms with van der Waals surface area (Å²) in [5.74, 6) is 1.34. The van der Waals surface area contributed by atoms with Crippen LogP contribution < -0.4 is 0 Å². The van der Waals surface area contributed by atoms with E-state index in [-0.39, 0.29) is 6.09 Å². The lowest BCUT2D eigenvalue weighted by molar-refractivity contribution is 0.0177. The van der Waals surface area contributed by atoms with Crippen molar-refractivity contribution in [1.82, 2.24) is 14.9 Å². The monoisotopic (exact) mass is 389 g/mol. The van der Waals surface area contributed by atoms with E-state index in [1.165, 1.54) is 11.8 Å². The fourth-order valence-electron chi connectivity index (χ4n) is 2.44. The first kappa shape index (κ1) is 19.7. The van der Waals surface area contributed by atoms with Crippen molar-refractivity contribution in [2.24, 2.45) is 5.92 Å². The first-order valence-corrected chi connectivity index (χ1v) is 10.5. The van der Waals surface area contributed by atoms with Gasteiger partial charge in [-0.3, -0.25) is 0 Å². The molecule has 5 nitrogen and oxygen atoms in total. The van der Waals surface area contributed by atoms with Crippen molar-refractivity contribution in [3.63, 3.8) is 0 Å². The van der Waals surface area contributed by atoms with Gasteiger partial charge in [-0.05, 0) is 45.8 Å². The minimum absolute atomic E-state index is 0.216. The summed E-state index contributed by atoms with van der Waals surface area (Å²) in [5.41, 5.74) is -0.454. The lowest BCUT2D eigenvalue weighted by atomic mass is 10.0. The Hall–Kier alpha value is -0.660. The molecule has 0 spiro atoms. The third kappa shape index (κ3) is 6.33. The van der Waals surface area contributed by atoms with Gasteiger partial charge in [-0.15, -0.1) is 11.8 Å². The molecule has 8 heteroatoms. The molecule has 0 saturated carbocycles. The van der Waals surface area contributed by atoms with E-state index in [1.807, 2.05) is 31.9 Å². The smallest absolute Gasteiger partial charge is 0.410 e. The first-order chi connectivity index (χ1) is 11.3. The molecule has 1 aliphatic heterocycles. The average Bonchev–Trinajstić information content (AvgIpc) is 2.51. The molecule has 1 atom stereocenters. The lowest BCUT2D eigenvalue weighted by Gasteiger charge is -2.34. The molecule has 1 fully saturated rings. The molecule has 1 aromatic heterocycles. The van der Waals surface area contributed by atoms with Crippen LogP contribution >= 0.6 is 35.1 Å². The Bertz CT molecular complexity index is 581. The number of halogens is 1. The Morgan fingerprint density at radius 3 is 2.88 bits per heavy atom. The fourth-order valence-corrected chi connectivity index (χ4v) is 4.20. The lowest BCUT2D eigenvalue weighted by Crippen LogP contribution is -2.43. The predicted molar refractivity (Wildman–Crippen MR) is 100 cm³/mol. The van der Waals surface area contributed by atoms with Crippen LogP contribution in [0.1, 0.15) is 33.6 Å². The van der Waals surface area contributed by atoms with Gasteiger partial charge in [-0.2, -0.15) is 0 Å². The van der Waals surface area contributed by atoms with Crippen molar-refractivity contribution in [2.75, 3.05) is 25.1 Å². The number of nitrogens with zero attached hydrogens (tertiary/aromatic N) is 3. The zero-order chi connectivity index (χ0) is 17.7. The summed E-state index contributed by atoms with van der Waals surface area (Å²) < 4.78 is 5.47. The first-order valence-electron chi connectivity index (χ1n) is 7.96. The van der Waals surface area contributed by atoms with Gasteiger partial charge in [0.15, 0.2) is 5.16 Å². The number of likely N-dealkylation sites (tertiary alicyclic amines) is 1. The topological polar surface area (TPSA) is 55.3 Å². The molecule has 1 amide bonds. The van der Waals surface area contributed by atoms with Gasteiger partial charge < -0.3 is 9.64 Å². The van der Waals surface area contributed by atoms with E-state index in [0.29, 0.717) is 16.2 Å². The number of carbonyl (C=O) groups excluding carboxylic acids is 1. The van der Waals surface area contributed by atoms with Gasteiger partial charge in [0.2, 0.25) is 0 Å². The Morgan fingerprint density at radius 2 is 2.21 bits per heavy atom. The standard InChI is InChI=1S/C16H24ClN3O2S2/c1-16(2,3)22-15(21)20-7-5-6-11(9-20)10-24-13-8-12(17)18-14(19-13)23-4/h8,11H,5-7,9-10H2,1-4H3/t11-/m1/s1. The second kappa shape index (κ2) is 8.63. The molecule has 24 heavy (non-hydrogen) atoms. The van der Waals surface area contributed by atoms with Crippen LogP contribution in [0.2, 0.25) is 5.15 Å². The van der Waals surface area contributed by atoms with Gasteiger partial charge in [0.05, 0.1) is 0 Å². The predicted octanol–water partition coefficient (Wildman–Crippen LogP) is 4.59. The fraction of sp³-hybridized carbons (Fsp3) is 0.688. The molecule has 2 rings (SSSR count). The van der Waals surface area contributed by atoms with Crippen LogP contribution in [0, 0.1) is 5.92 Å². The van der Waals surface area contributed by atoms with Crippen molar-refractivity contribution in [2.45, 2.75) is 49.4 Å². The molecule has 1 aliphatic rings. The molecule has 0 bridgehead atoms. The summed E-state index contributed by atoms with van der Waals surface area (Å²) >= 11 is 9.18. The zero-order valence-corrected chi connectivity index (χ0v) is 16.9. The van der Waals surface area contributed by atoms with Gasteiger partial charge >= 0.3 is 6.09 Å². The largest absolute Gasteiger partial charge is 0.444 e. The number of aromatic nitrogens is 2. The number of amides is 1. The van der Waals surface area contributed by atoms with Crippen LogP contribution in [0.4, 0.5) is 4.79 Å². The SMILES string of the molecule is CSc1nc(Cl)cc(SC[C@@H]2CCCN(C(=O)OC(C)(C)C)C2)n1. The van der Waals surface area contributed by atoms with Crippen molar-refractivity contribution < 1.29 is 9.53 Å². The average molecular weight is 390 g/mol. The second-order valence-electron chi connectivity index (χ2n) is 6.76. The van der Waals surface area contributed by atoms with E-state index in [1.54, 1.807) is 17.8 Å². The minimum atomic E-state index is -0.454. The van der Waals surface area contributed by atoms with Crippen LogP contribution in [0.25, 0.3) is 0 Å². The van der Waals surface area contributed by atoms with Gasteiger partial charge in [0.1, 0.15) is 15.8 Å². The van der Waals surface area contributed by atoms with E-state index in [9.17, 15) is 4.79 Å². The summed E-state index contributed by atoms with van der Waals surface area (Å²) in [6.45, 7) is 7.18. The number of carbonyl (C=O) groups is 1. The maximum absolute atomic E-state index is 12.2. The number of ether oxygens (including phenoxy) is 1. The summed E-state index contributed by atoms with van der Waals surface area (Å²) in [4.78, 5) is 22.7. The molecule has 2 heterocycles. The maximum Gasteiger partial charge on any atom is 0.410 e. The number of piperidine rings is 1. The highest BCUT2D eigenvalue weighted by molar-refractivity contribution is 7.99. The highest BCUT2D eigenvalue weighted by Gasteiger charge is 2.27. The molecule has 0 aromatic carbocycles. The molecule has 134 valence electrons. The molecule has 0 unspecified atom stereocenters. The molecule has 0 aliphatic carbocycles. The summed E-state index contributed by atoms with van der Waals surface area (Å²) in [6, 6.07) is 1.79. The maximum atomic E-state index is 12.2. The molecule has 0 radical (unpaired) electrons. The zero-order valence-electron chi connectivity index (χ0n) is 14.5. The summed E-state index contributed by atoms with van der Waals surface area (Å²) in [6.07, 6.45) is 3.83. The molecule has 1 aromatic rings. The van der Waals surface area contributed by atoms with Crippen molar-refractivity contribution >= 4 is 41.2 Å². The van der Waals surface area contributed by atoms with E-state index >= 15 is 0 Å². The van der Waals surface area contributed by atoms with E-state index in [0.717, 1.165) is 36.7 Å². The van der Waals surface area contributed by atoms with Crippen molar-refractivity contribution in [3.05, 3.63) is 11.2 Å². The number of hydrogen-bond donors (Lipinski definition) is 0. The van der Waals surface area contributed by atoms with Crippen LogP contribution in [0.15, 0.2) is 16.2 Å². The highest BCUT2D eigenvalue weighted by Crippen LogP contribution is 2.27. The number of hydrogen-bond acceptors (Lipinski definition) is 6. The number of rotatable bonds is 4. The minimum Gasteiger partial charge on any atom is -0.444 e. The van der Waals surface area contributed by atoms with Crippen LogP contribution in [0.5, 0.6) is 0 Å². The van der Waals surface area contributed by atoms with Gasteiger partial charge in [-0.25, -0.2) is 14.8 Å². The van der Waals surface area contributed by atoms with Crippen molar-refractivity contribution in [1.29, 1.82) is 0 Å². The van der Waals surface area contributed by atoms with E-state index < -0.39 is 5.60 Å². The highest BCUT2D eigenvalue weighted by atomic mass is 35.5. The van der Waals surface area contributed by atoms with Crippen LogP contribution in [-0.2, 0) is 4.74 Å². The molecule has 1 saturated heterocycles. The normalized spacial score (nSPS) is 18.5. The Labute approximate surface area is 157 Å². The molecular weight excluding hydrogens is 366 g/mol. The van der Waals surface area contributed by atoms with Gasteiger partial charge in [0, 0.05) is 24.9 Å². The third-order valence-corrected chi connectivity index (χ3v) is 5.36. The Balaban J connectivity index is 1.89. The second-order valence-corrected chi connectivity index (χ2v) is 8.96. The summed E-state index contributed by atoms with van der Waals surface area (Å²) in [5, 5.41) is 2.04. The van der Waals surface area contributed by atoms with Crippen LogP contribution in [-0.4, -0.2) is 51.7 Å². The Morgan fingerprint density at radius 1 is 1.46 bits per heavy atom. The molecular formula is C16H24ClN3O2S2. The third-order valence-electron chi connectivity index (χ3n) is 3.47. The molecule has 0 N–H and O–H groups in total. The van der Waals surface area contributed by atoms with E-state index in [2.05, 4.69) is 9.97 Å². The van der Waals surface area contributed by atoms with Crippen molar-refractivity contribution in [3.8, 4) is 0 Å². The summed E-state index contributed by atoms with van der Waals surface area (Å²) in [7, 11) is 0. The number of thioether (sulfide) groups is 2. The Kier molecular flexibility index (Phi) is 7.07. The van der Waals surface area contributed by atoms with E-state index in [4.69, 9.17) is 16.3 Å². The quantitative estimate of drug-likeness (QED) is 0.426. The van der Waals surface area contributed by atoms with Gasteiger partial charge in [0.25, 0.3) is 0 Å². The van der Waals surface area contributed by atoms with Gasteiger partial charge in [-0.1, -0.05) is 23.4 Å².